The summed E-state index contributed by atoms with van der Waals surface area (Å²) >= 11 is 0. The molecule has 2 aromatic heterocycles. The Morgan fingerprint density at radius 1 is 0.955 bits per heavy atom. The summed E-state index contributed by atoms with van der Waals surface area (Å²) in [5.41, 5.74) is 4.08. The minimum absolute atomic E-state index is 0.163. The Bertz CT molecular complexity index is 2060. The zero-order chi connectivity index (χ0) is 31.9. The lowest BCUT2D eigenvalue weighted by molar-refractivity contribution is 0.102. The molecule has 0 atom stereocenters. The number of aryl methyl sites for hydroxylation is 3. The number of halogens is 1. The maximum absolute atomic E-state index is 14.0. The first kappa shape index (κ1) is 30.6. The number of benzene rings is 3. The highest BCUT2D eigenvalue weighted by molar-refractivity contribution is 7.92. The first-order valence-corrected chi connectivity index (χ1v) is 15.8. The van der Waals surface area contributed by atoms with Crippen molar-refractivity contribution in [3.8, 4) is 22.6 Å². The molecule has 0 radical (unpaired) electrons. The fourth-order valence-corrected chi connectivity index (χ4v) is 5.65. The third kappa shape index (κ3) is 6.37. The van der Waals surface area contributed by atoms with E-state index >= 15 is 0 Å². The monoisotopic (exact) mass is 616 g/mol. The van der Waals surface area contributed by atoms with Crippen molar-refractivity contribution in [3.05, 3.63) is 105 Å². The largest absolute Gasteiger partial charge is 0.456 e. The highest BCUT2D eigenvalue weighted by Gasteiger charge is 2.21. The van der Waals surface area contributed by atoms with E-state index in [1.165, 1.54) is 16.7 Å². The van der Waals surface area contributed by atoms with Crippen molar-refractivity contribution in [2.24, 2.45) is 7.05 Å². The van der Waals surface area contributed by atoms with E-state index < -0.39 is 21.7 Å². The molecule has 9 nitrogen and oxygen atoms in total. The summed E-state index contributed by atoms with van der Waals surface area (Å²) in [4.78, 5) is 29.5. The minimum atomic E-state index is -3.61. The Balaban J connectivity index is 1.64. The van der Waals surface area contributed by atoms with Gasteiger partial charge in [-0.2, -0.15) is 0 Å². The van der Waals surface area contributed by atoms with Gasteiger partial charge in [0.1, 0.15) is 28.5 Å². The summed E-state index contributed by atoms with van der Waals surface area (Å²) in [6.45, 7) is 7.62. The fourth-order valence-electron chi connectivity index (χ4n) is 5.10. The summed E-state index contributed by atoms with van der Waals surface area (Å²) in [6, 6.07) is 16.6. The Morgan fingerprint density at radius 3 is 2.20 bits per heavy atom. The van der Waals surface area contributed by atoms with Gasteiger partial charge in [-0.25, -0.2) is 12.8 Å². The van der Waals surface area contributed by atoms with Crippen molar-refractivity contribution >= 4 is 38.2 Å². The van der Waals surface area contributed by atoms with E-state index in [1.807, 2.05) is 24.3 Å². The van der Waals surface area contributed by atoms with E-state index in [0.717, 1.165) is 11.8 Å². The molecule has 2 heterocycles. The van der Waals surface area contributed by atoms with Crippen LogP contribution in [0.1, 0.15) is 46.9 Å². The van der Waals surface area contributed by atoms with Crippen molar-refractivity contribution in [1.82, 2.24) is 9.55 Å². The molecule has 0 fully saturated rings. The number of H-pyrrole nitrogens is 1. The normalized spacial score (nSPS) is 11.6. The predicted octanol–water partition coefficient (Wildman–Crippen LogP) is 6.83. The molecule has 0 saturated carbocycles. The summed E-state index contributed by atoms with van der Waals surface area (Å²) < 4.78 is 48.3. The average Bonchev–Trinajstić information content (AvgIpc) is 3.39. The number of sulfonamides is 1. The van der Waals surface area contributed by atoms with Crippen LogP contribution in [0.3, 0.4) is 0 Å². The van der Waals surface area contributed by atoms with Crippen LogP contribution in [-0.4, -0.2) is 30.1 Å². The zero-order valence-electron chi connectivity index (χ0n) is 25.2. The number of amides is 1. The lowest BCUT2D eigenvalue weighted by atomic mass is 10.0. The fraction of sp³-hybridized carbons (Fsp3) is 0.212. The van der Waals surface area contributed by atoms with Crippen molar-refractivity contribution in [2.45, 2.75) is 33.6 Å². The van der Waals surface area contributed by atoms with Crippen LogP contribution in [0, 0.1) is 19.7 Å². The lowest BCUT2D eigenvalue weighted by Gasteiger charge is -2.17. The van der Waals surface area contributed by atoms with Gasteiger partial charge in [-0.15, -0.1) is 0 Å². The molecule has 0 saturated heterocycles. The van der Waals surface area contributed by atoms with Gasteiger partial charge >= 0.3 is 0 Å². The van der Waals surface area contributed by atoms with Crippen molar-refractivity contribution in [1.29, 1.82) is 0 Å². The molecule has 0 aliphatic rings. The maximum Gasteiger partial charge on any atom is 0.274 e. The minimum Gasteiger partial charge on any atom is -0.456 e. The van der Waals surface area contributed by atoms with E-state index in [1.54, 1.807) is 51.4 Å². The molecular formula is C33H33FN4O5S. The summed E-state index contributed by atoms with van der Waals surface area (Å²) in [7, 11) is -2.04. The van der Waals surface area contributed by atoms with E-state index in [9.17, 15) is 22.4 Å². The van der Waals surface area contributed by atoms with E-state index in [0.29, 0.717) is 50.7 Å². The van der Waals surface area contributed by atoms with Crippen LogP contribution in [0.2, 0.25) is 0 Å². The lowest BCUT2D eigenvalue weighted by Crippen LogP contribution is -2.17. The third-order valence-corrected chi connectivity index (χ3v) is 7.86. The van der Waals surface area contributed by atoms with Crippen LogP contribution in [0.5, 0.6) is 11.5 Å². The number of hydrogen-bond donors (Lipinski definition) is 3. The molecule has 3 N–H and O–H groups in total. The first-order chi connectivity index (χ1) is 20.7. The second-order valence-corrected chi connectivity index (χ2v) is 13.0. The van der Waals surface area contributed by atoms with E-state index in [2.05, 4.69) is 28.9 Å². The van der Waals surface area contributed by atoms with E-state index in [4.69, 9.17) is 4.74 Å². The average molecular weight is 617 g/mol. The molecule has 1 amide bonds. The number of carbonyl (C=O) groups is 1. The molecule has 5 aromatic rings. The van der Waals surface area contributed by atoms with Crippen LogP contribution in [0.15, 0.2) is 71.7 Å². The van der Waals surface area contributed by atoms with Gasteiger partial charge in [0.05, 0.1) is 6.26 Å². The molecule has 5 rings (SSSR count). The number of carbonyl (C=O) groups excluding carboxylic acids is 1. The Hall–Kier alpha value is -4.90. The highest BCUT2D eigenvalue weighted by atomic mass is 32.2. The van der Waals surface area contributed by atoms with Crippen LogP contribution >= 0.6 is 0 Å². The molecule has 3 aromatic carbocycles. The smallest absolute Gasteiger partial charge is 0.274 e. The topological polar surface area (TPSA) is 122 Å². The zero-order valence-corrected chi connectivity index (χ0v) is 26.0. The van der Waals surface area contributed by atoms with Crippen LogP contribution in [0.4, 0.5) is 15.8 Å². The predicted molar refractivity (Wildman–Crippen MR) is 172 cm³/mol. The number of aromatic nitrogens is 2. The third-order valence-electron chi connectivity index (χ3n) is 7.25. The summed E-state index contributed by atoms with van der Waals surface area (Å²) in [6.07, 6.45) is 2.64. The second-order valence-electron chi connectivity index (χ2n) is 11.2. The molecule has 0 aliphatic heterocycles. The van der Waals surface area contributed by atoms with Crippen LogP contribution in [0.25, 0.3) is 22.0 Å². The number of aromatic amines is 1. The SMILES string of the molecule is Cc1cc(F)cc(C)c1Oc1ccc(NS(C)(=O)=O)cc1-c1cn(C)c(=O)c2[nH]c(C(=O)Nc3ccc(C(C)C)cc3)cc12. The molecule has 11 heteroatoms. The molecular weight excluding hydrogens is 583 g/mol. The molecule has 228 valence electrons. The van der Waals surface area contributed by atoms with E-state index in [-0.39, 0.29) is 22.5 Å². The Morgan fingerprint density at radius 2 is 1.59 bits per heavy atom. The van der Waals surface area contributed by atoms with Crippen molar-refractivity contribution in [3.63, 3.8) is 0 Å². The van der Waals surface area contributed by atoms with Crippen LogP contribution < -0.4 is 20.3 Å². The first-order valence-electron chi connectivity index (χ1n) is 13.9. The molecule has 44 heavy (non-hydrogen) atoms. The number of rotatable bonds is 8. The number of fused-ring (bicyclic) bond motifs is 1. The van der Waals surface area contributed by atoms with Gasteiger partial charge in [-0.1, -0.05) is 26.0 Å². The highest BCUT2D eigenvalue weighted by Crippen LogP contribution is 2.40. The Kier molecular flexibility index (Phi) is 8.09. The summed E-state index contributed by atoms with van der Waals surface area (Å²) in [5, 5.41) is 3.30. The van der Waals surface area contributed by atoms with Gasteiger partial charge in [0.2, 0.25) is 10.0 Å². The van der Waals surface area contributed by atoms with Crippen molar-refractivity contribution in [2.75, 3.05) is 16.3 Å². The number of pyridine rings is 1. The van der Waals surface area contributed by atoms with Gasteiger partial charge in [0.25, 0.3) is 11.5 Å². The van der Waals surface area contributed by atoms with Crippen molar-refractivity contribution < 1.29 is 22.3 Å². The Labute approximate surface area is 254 Å². The maximum atomic E-state index is 14.0. The number of nitrogens with one attached hydrogen (secondary N) is 3. The number of ether oxygens (including phenoxy) is 1. The van der Waals surface area contributed by atoms with Gasteiger partial charge in [0, 0.05) is 41.1 Å². The van der Waals surface area contributed by atoms with Gasteiger partial charge in [-0.05, 0) is 85.0 Å². The molecule has 0 spiro atoms. The number of nitrogens with zero attached hydrogens (tertiary/aromatic N) is 1. The molecule has 0 aliphatic carbocycles. The standard InChI is InChI=1S/C33H33FN4O5S/c1-18(2)21-7-9-23(10-8-21)35-32(39)28-16-26-27(17-38(5)33(40)30(26)36-28)25-15-24(37-44(6,41)42)11-12-29(25)43-31-19(3)13-22(34)14-20(31)4/h7-18,36-37H,1-6H3,(H,35,39). The quantitative estimate of drug-likeness (QED) is 0.176. The van der Waals surface area contributed by atoms with Crippen LogP contribution in [-0.2, 0) is 17.1 Å². The molecule has 0 unspecified atom stereocenters. The number of hydrogen-bond acceptors (Lipinski definition) is 5. The number of anilines is 2. The van der Waals surface area contributed by atoms with Gasteiger partial charge < -0.3 is 19.6 Å². The molecule has 0 bridgehead atoms. The summed E-state index contributed by atoms with van der Waals surface area (Å²) in [5.74, 6) is 0.287. The van der Waals surface area contributed by atoms with Gasteiger partial charge in [0.15, 0.2) is 0 Å². The second kappa shape index (κ2) is 11.6. The van der Waals surface area contributed by atoms with Gasteiger partial charge in [-0.3, -0.25) is 14.3 Å².